The van der Waals surface area contributed by atoms with Crippen LogP contribution in [0.15, 0.2) is 53.0 Å². The number of nitrogens with zero attached hydrogens (tertiary/aromatic N) is 3. The number of carbonyl (C=O) groups excluding carboxylic acids is 1. The van der Waals surface area contributed by atoms with Crippen molar-refractivity contribution in [2.24, 2.45) is 5.92 Å². The van der Waals surface area contributed by atoms with Crippen molar-refractivity contribution in [1.82, 2.24) is 15.1 Å². The number of hydrogen-bond acceptors (Lipinski definition) is 3. The van der Waals surface area contributed by atoms with E-state index in [1.54, 1.807) is 12.1 Å². The van der Waals surface area contributed by atoms with Crippen LogP contribution in [0, 0.1) is 25.6 Å². The van der Waals surface area contributed by atoms with Crippen LogP contribution in [0.3, 0.4) is 0 Å². The van der Waals surface area contributed by atoms with Crippen molar-refractivity contribution in [2.75, 3.05) is 24.5 Å². The number of hydrogen-bond donors (Lipinski definition) is 1. The van der Waals surface area contributed by atoms with Gasteiger partial charge in [-0.3, -0.25) is 4.79 Å². The van der Waals surface area contributed by atoms with Gasteiger partial charge in [0.05, 0.1) is 22.6 Å². The van der Waals surface area contributed by atoms with Crippen LogP contribution in [0.2, 0.25) is 0 Å². The Morgan fingerprint density at radius 3 is 2.50 bits per heavy atom. The fraction of sp³-hybridized carbons (Fsp3) is 0.304. The third-order valence-electron chi connectivity index (χ3n) is 5.62. The Morgan fingerprint density at radius 1 is 1.13 bits per heavy atom. The molecule has 1 aromatic heterocycles. The molecular formula is C23H24BrFN4O. The lowest BCUT2D eigenvalue weighted by molar-refractivity contribution is 0.0947. The first-order valence-corrected chi connectivity index (χ1v) is 10.8. The summed E-state index contributed by atoms with van der Waals surface area (Å²) in [6.45, 7) is 6.15. The van der Waals surface area contributed by atoms with E-state index in [2.05, 4.69) is 31.2 Å². The number of halogens is 2. The summed E-state index contributed by atoms with van der Waals surface area (Å²) in [5.41, 5.74) is 4.11. The lowest BCUT2D eigenvalue weighted by Gasteiger charge is -2.19. The number of carbonyl (C=O) groups is 1. The van der Waals surface area contributed by atoms with Crippen LogP contribution >= 0.6 is 15.9 Å². The van der Waals surface area contributed by atoms with Gasteiger partial charge in [0, 0.05) is 29.8 Å². The van der Waals surface area contributed by atoms with Gasteiger partial charge in [-0.15, -0.1) is 0 Å². The molecule has 4 rings (SSSR count). The maximum atomic E-state index is 13.1. The number of amides is 1. The summed E-state index contributed by atoms with van der Waals surface area (Å²) in [4.78, 5) is 15.1. The molecule has 0 aliphatic carbocycles. The van der Waals surface area contributed by atoms with Crippen molar-refractivity contribution >= 4 is 27.5 Å². The van der Waals surface area contributed by atoms with E-state index in [1.165, 1.54) is 12.1 Å². The minimum absolute atomic E-state index is 0.0893. The molecule has 2 aromatic carbocycles. The van der Waals surface area contributed by atoms with Crippen molar-refractivity contribution in [3.63, 3.8) is 0 Å². The number of benzene rings is 2. The first-order valence-electron chi connectivity index (χ1n) is 10.0. The SMILES string of the molecule is Cc1nn(-c2ccc(Br)cc2)c(C)c1C(=O)NCC1CCN(c2ccc(F)cc2)C1. The summed E-state index contributed by atoms with van der Waals surface area (Å²) in [6.07, 6.45) is 0.994. The molecule has 5 nitrogen and oxygen atoms in total. The molecule has 1 atom stereocenters. The zero-order valence-corrected chi connectivity index (χ0v) is 18.6. The molecule has 3 aromatic rings. The maximum absolute atomic E-state index is 13.1. The molecule has 1 fully saturated rings. The first-order chi connectivity index (χ1) is 14.4. The monoisotopic (exact) mass is 470 g/mol. The number of nitrogens with one attached hydrogen (secondary N) is 1. The van der Waals surface area contributed by atoms with Crippen LogP contribution in [0.4, 0.5) is 10.1 Å². The molecule has 7 heteroatoms. The number of aryl methyl sites for hydroxylation is 1. The Labute approximate surface area is 184 Å². The van der Waals surface area contributed by atoms with E-state index in [1.807, 2.05) is 42.8 Å². The fourth-order valence-electron chi connectivity index (χ4n) is 4.02. The number of aromatic nitrogens is 2. The highest BCUT2D eigenvalue weighted by atomic mass is 79.9. The molecule has 2 heterocycles. The van der Waals surface area contributed by atoms with Crippen molar-refractivity contribution in [2.45, 2.75) is 20.3 Å². The standard InChI is InChI=1S/C23H24BrFN4O/c1-15-22(16(2)29(27-15)21-7-3-18(24)4-8-21)23(30)26-13-17-11-12-28(14-17)20-9-5-19(25)6-10-20/h3-10,17H,11-14H2,1-2H3,(H,26,30). The van der Waals surface area contributed by atoms with Gasteiger partial charge in [-0.05, 0) is 74.7 Å². The van der Waals surface area contributed by atoms with Crippen molar-refractivity contribution in [1.29, 1.82) is 0 Å². The smallest absolute Gasteiger partial charge is 0.255 e. The van der Waals surface area contributed by atoms with Crippen LogP contribution in [-0.2, 0) is 0 Å². The summed E-state index contributed by atoms with van der Waals surface area (Å²) in [5, 5.41) is 7.66. The van der Waals surface area contributed by atoms with E-state index in [0.29, 0.717) is 23.7 Å². The van der Waals surface area contributed by atoms with Gasteiger partial charge in [-0.1, -0.05) is 15.9 Å². The van der Waals surface area contributed by atoms with E-state index >= 15 is 0 Å². The fourth-order valence-corrected chi connectivity index (χ4v) is 4.28. The van der Waals surface area contributed by atoms with Crippen molar-refractivity contribution in [3.8, 4) is 5.69 Å². The van der Waals surface area contributed by atoms with Gasteiger partial charge in [0.2, 0.25) is 0 Å². The summed E-state index contributed by atoms with van der Waals surface area (Å²) < 4.78 is 15.9. The predicted molar refractivity (Wildman–Crippen MR) is 120 cm³/mol. The van der Waals surface area contributed by atoms with E-state index in [-0.39, 0.29) is 11.7 Å². The van der Waals surface area contributed by atoms with Gasteiger partial charge in [-0.2, -0.15) is 5.10 Å². The van der Waals surface area contributed by atoms with Crippen molar-refractivity contribution < 1.29 is 9.18 Å². The van der Waals surface area contributed by atoms with Gasteiger partial charge in [-0.25, -0.2) is 9.07 Å². The molecule has 0 bridgehead atoms. The maximum Gasteiger partial charge on any atom is 0.255 e. The quantitative estimate of drug-likeness (QED) is 0.590. The highest BCUT2D eigenvalue weighted by molar-refractivity contribution is 9.10. The summed E-state index contributed by atoms with van der Waals surface area (Å²) in [6, 6.07) is 14.4. The van der Waals surface area contributed by atoms with Crippen LogP contribution in [0.1, 0.15) is 28.2 Å². The van der Waals surface area contributed by atoms with E-state index in [9.17, 15) is 9.18 Å². The second kappa shape index (κ2) is 8.60. The minimum atomic E-state index is -0.226. The molecule has 30 heavy (non-hydrogen) atoms. The minimum Gasteiger partial charge on any atom is -0.371 e. The summed E-state index contributed by atoms with van der Waals surface area (Å²) >= 11 is 3.44. The topological polar surface area (TPSA) is 50.2 Å². The molecule has 0 spiro atoms. The van der Waals surface area contributed by atoms with Crippen LogP contribution in [-0.4, -0.2) is 35.3 Å². The summed E-state index contributed by atoms with van der Waals surface area (Å²) in [7, 11) is 0. The lowest BCUT2D eigenvalue weighted by Crippen LogP contribution is -2.31. The molecule has 0 radical (unpaired) electrons. The van der Waals surface area contributed by atoms with Gasteiger partial charge in [0.25, 0.3) is 5.91 Å². The highest BCUT2D eigenvalue weighted by Gasteiger charge is 2.25. The molecule has 1 aliphatic heterocycles. The lowest BCUT2D eigenvalue weighted by atomic mass is 10.1. The van der Waals surface area contributed by atoms with Gasteiger partial charge < -0.3 is 10.2 Å². The second-order valence-electron chi connectivity index (χ2n) is 7.72. The molecule has 1 aliphatic rings. The molecule has 1 unspecified atom stereocenters. The number of rotatable bonds is 5. The van der Waals surface area contributed by atoms with E-state index in [4.69, 9.17) is 0 Å². The Kier molecular flexibility index (Phi) is 5.90. The van der Waals surface area contributed by atoms with Crippen LogP contribution in [0.25, 0.3) is 5.69 Å². The Balaban J connectivity index is 1.40. The van der Waals surface area contributed by atoms with Crippen molar-refractivity contribution in [3.05, 3.63) is 75.8 Å². The zero-order valence-electron chi connectivity index (χ0n) is 17.0. The normalized spacial score (nSPS) is 16.1. The molecule has 1 N–H and O–H groups in total. The van der Waals surface area contributed by atoms with E-state index < -0.39 is 0 Å². The molecule has 0 saturated carbocycles. The zero-order chi connectivity index (χ0) is 21.3. The van der Waals surface area contributed by atoms with Gasteiger partial charge in [0.1, 0.15) is 5.82 Å². The largest absolute Gasteiger partial charge is 0.371 e. The Hall–Kier alpha value is -2.67. The Bertz CT molecular complexity index is 1050. The summed E-state index contributed by atoms with van der Waals surface area (Å²) in [5.74, 6) is 0.0471. The second-order valence-corrected chi connectivity index (χ2v) is 8.64. The average molecular weight is 471 g/mol. The molecule has 156 valence electrons. The van der Waals surface area contributed by atoms with Gasteiger partial charge in [0.15, 0.2) is 0 Å². The predicted octanol–water partition coefficient (Wildman–Crippen LogP) is 4.65. The first kappa shape index (κ1) is 20.6. The Morgan fingerprint density at radius 2 is 1.80 bits per heavy atom. The third-order valence-corrected chi connectivity index (χ3v) is 6.15. The van der Waals surface area contributed by atoms with Crippen LogP contribution in [0.5, 0.6) is 0 Å². The molecular weight excluding hydrogens is 447 g/mol. The van der Waals surface area contributed by atoms with Crippen LogP contribution < -0.4 is 10.2 Å². The van der Waals surface area contributed by atoms with Gasteiger partial charge >= 0.3 is 0 Å². The third kappa shape index (κ3) is 4.26. The molecule has 1 amide bonds. The number of anilines is 1. The molecule has 1 saturated heterocycles. The average Bonchev–Trinajstić information content (AvgIpc) is 3.32. The van der Waals surface area contributed by atoms with E-state index in [0.717, 1.165) is 41.1 Å². The highest BCUT2D eigenvalue weighted by Crippen LogP contribution is 2.24.